The van der Waals surface area contributed by atoms with Crippen molar-refractivity contribution in [3.63, 3.8) is 0 Å². The van der Waals surface area contributed by atoms with Crippen molar-refractivity contribution < 1.29 is 4.42 Å². The molecule has 0 unspecified atom stereocenters. The van der Waals surface area contributed by atoms with Crippen LogP contribution in [0.5, 0.6) is 0 Å². The molecule has 6 heteroatoms. The van der Waals surface area contributed by atoms with Crippen molar-refractivity contribution in [1.29, 1.82) is 0 Å². The van der Waals surface area contributed by atoms with Crippen molar-refractivity contribution in [3.8, 4) is 0 Å². The summed E-state index contributed by atoms with van der Waals surface area (Å²) in [6.45, 7) is 8.95. The second kappa shape index (κ2) is 7.85. The van der Waals surface area contributed by atoms with Crippen LogP contribution in [0.15, 0.2) is 9.41 Å². The van der Waals surface area contributed by atoms with Gasteiger partial charge in [0.05, 0.1) is 12.2 Å². The van der Waals surface area contributed by atoms with Gasteiger partial charge in [0.15, 0.2) is 5.96 Å². The molecule has 0 aromatic carbocycles. The first kappa shape index (κ1) is 17.3. The highest BCUT2D eigenvalue weighted by molar-refractivity contribution is 14.0. The highest BCUT2D eigenvalue weighted by atomic mass is 127. The number of rotatable bonds is 2. The van der Waals surface area contributed by atoms with Gasteiger partial charge in [-0.25, -0.2) is 4.98 Å². The van der Waals surface area contributed by atoms with Crippen LogP contribution in [0.4, 0.5) is 0 Å². The molecule has 0 spiro atoms. The summed E-state index contributed by atoms with van der Waals surface area (Å²) < 4.78 is 5.57. The number of hydrogen-bond donors (Lipinski definition) is 1. The van der Waals surface area contributed by atoms with E-state index < -0.39 is 0 Å². The Morgan fingerprint density at radius 1 is 1.40 bits per heavy atom. The molecule has 114 valence electrons. The maximum absolute atomic E-state index is 5.57. The van der Waals surface area contributed by atoms with Gasteiger partial charge in [-0.3, -0.25) is 4.99 Å². The standard InChI is InChI=1S/C14H24N4O.HI/c1-10-5-7-18(8-6-10)14(15-4)16-9-13-17-11(2)12(3)19-13;/h10H,5-9H2,1-4H3,(H,15,16);1H. The zero-order valence-electron chi connectivity index (χ0n) is 12.8. The Bertz CT molecular complexity index is 431. The summed E-state index contributed by atoms with van der Waals surface area (Å²) in [5.41, 5.74) is 0.957. The molecule has 0 radical (unpaired) electrons. The van der Waals surface area contributed by atoms with Crippen LogP contribution in [-0.4, -0.2) is 36.0 Å². The van der Waals surface area contributed by atoms with Crippen molar-refractivity contribution in [2.24, 2.45) is 10.9 Å². The number of oxazole rings is 1. The molecule has 1 aliphatic rings. The highest BCUT2D eigenvalue weighted by Gasteiger charge is 2.18. The van der Waals surface area contributed by atoms with Gasteiger partial charge in [-0.1, -0.05) is 6.92 Å². The lowest BCUT2D eigenvalue weighted by Gasteiger charge is -2.32. The van der Waals surface area contributed by atoms with Crippen LogP contribution in [0.3, 0.4) is 0 Å². The van der Waals surface area contributed by atoms with Crippen LogP contribution < -0.4 is 5.32 Å². The molecule has 0 atom stereocenters. The molecule has 0 bridgehead atoms. The average molecular weight is 392 g/mol. The molecular weight excluding hydrogens is 367 g/mol. The van der Waals surface area contributed by atoms with Crippen molar-refractivity contribution in [3.05, 3.63) is 17.3 Å². The first-order chi connectivity index (χ1) is 9.10. The third kappa shape index (κ3) is 4.36. The number of halogens is 1. The molecule has 20 heavy (non-hydrogen) atoms. The van der Waals surface area contributed by atoms with Crippen LogP contribution in [0.1, 0.15) is 37.1 Å². The van der Waals surface area contributed by atoms with Crippen LogP contribution >= 0.6 is 24.0 Å². The lowest BCUT2D eigenvalue weighted by molar-refractivity contribution is 0.272. The molecule has 0 aliphatic carbocycles. The molecule has 1 aliphatic heterocycles. The summed E-state index contributed by atoms with van der Waals surface area (Å²) in [5, 5.41) is 3.33. The van der Waals surface area contributed by atoms with Gasteiger partial charge in [-0.2, -0.15) is 0 Å². The van der Waals surface area contributed by atoms with Crippen LogP contribution in [0.25, 0.3) is 0 Å². The summed E-state index contributed by atoms with van der Waals surface area (Å²) in [6.07, 6.45) is 2.47. The molecule has 5 nitrogen and oxygen atoms in total. The number of piperidine rings is 1. The quantitative estimate of drug-likeness (QED) is 0.478. The number of aliphatic imine (C=N–C) groups is 1. The number of nitrogens with zero attached hydrogens (tertiary/aromatic N) is 3. The zero-order valence-corrected chi connectivity index (χ0v) is 15.1. The summed E-state index contributed by atoms with van der Waals surface area (Å²) in [5.74, 6) is 3.38. The van der Waals surface area contributed by atoms with Gasteiger partial charge in [0.25, 0.3) is 0 Å². The Hall–Kier alpha value is -0.790. The topological polar surface area (TPSA) is 53.7 Å². The largest absolute Gasteiger partial charge is 0.444 e. The van der Waals surface area contributed by atoms with Gasteiger partial charge in [0.2, 0.25) is 5.89 Å². The number of aryl methyl sites for hydroxylation is 2. The second-order valence-electron chi connectivity index (χ2n) is 5.32. The highest BCUT2D eigenvalue weighted by Crippen LogP contribution is 2.16. The van der Waals surface area contributed by atoms with Gasteiger partial charge in [-0.05, 0) is 32.6 Å². The summed E-state index contributed by atoms with van der Waals surface area (Å²) in [6, 6.07) is 0. The molecular formula is C14H25IN4O. The number of guanidine groups is 1. The molecule has 1 aromatic rings. The van der Waals surface area contributed by atoms with Crippen molar-refractivity contribution in [1.82, 2.24) is 15.2 Å². The van der Waals surface area contributed by atoms with Gasteiger partial charge in [0, 0.05) is 20.1 Å². The van der Waals surface area contributed by atoms with Crippen molar-refractivity contribution in [2.75, 3.05) is 20.1 Å². The number of likely N-dealkylation sites (tertiary alicyclic amines) is 1. The Labute approximate surface area is 138 Å². The normalized spacial score (nSPS) is 17.0. The van der Waals surface area contributed by atoms with Crippen LogP contribution in [-0.2, 0) is 6.54 Å². The molecule has 2 rings (SSSR count). The average Bonchev–Trinajstić information content (AvgIpc) is 2.71. The minimum atomic E-state index is 0. The molecule has 1 N–H and O–H groups in total. The lowest BCUT2D eigenvalue weighted by Crippen LogP contribution is -2.45. The van der Waals surface area contributed by atoms with E-state index in [-0.39, 0.29) is 24.0 Å². The smallest absolute Gasteiger partial charge is 0.214 e. The number of nitrogens with one attached hydrogen (secondary N) is 1. The van der Waals surface area contributed by atoms with E-state index in [9.17, 15) is 0 Å². The zero-order chi connectivity index (χ0) is 13.8. The van der Waals surface area contributed by atoms with Crippen LogP contribution in [0, 0.1) is 19.8 Å². The van der Waals surface area contributed by atoms with E-state index in [1.807, 2.05) is 20.9 Å². The second-order valence-corrected chi connectivity index (χ2v) is 5.32. The summed E-state index contributed by atoms with van der Waals surface area (Å²) in [4.78, 5) is 11.0. The van der Waals surface area contributed by atoms with Crippen molar-refractivity contribution >= 4 is 29.9 Å². The van der Waals surface area contributed by atoms with E-state index in [4.69, 9.17) is 4.42 Å². The monoisotopic (exact) mass is 392 g/mol. The SMILES string of the molecule is CN=C(NCc1nc(C)c(C)o1)N1CCC(C)CC1.I. The maximum Gasteiger partial charge on any atom is 0.214 e. The third-order valence-corrected chi connectivity index (χ3v) is 3.77. The fraction of sp³-hybridized carbons (Fsp3) is 0.714. The lowest BCUT2D eigenvalue weighted by atomic mass is 10.00. The maximum atomic E-state index is 5.57. The first-order valence-corrected chi connectivity index (χ1v) is 6.98. The fourth-order valence-corrected chi connectivity index (χ4v) is 2.32. The molecule has 1 saturated heterocycles. The van der Waals surface area contributed by atoms with E-state index in [1.165, 1.54) is 12.8 Å². The summed E-state index contributed by atoms with van der Waals surface area (Å²) in [7, 11) is 1.83. The molecule has 0 amide bonds. The van der Waals surface area contributed by atoms with Gasteiger partial charge in [-0.15, -0.1) is 24.0 Å². The third-order valence-electron chi connectivity index (χ3n) is 3.77. The van der Waals surface area contributed by atoms with E-state index in [1.54, 1.807) is 0 Å². The Kier molecular flexibility index (Phi) is 6.78. The molecule has 1 fully saturated rings. The minimum Gasteiger partial charge on any atom is -0.444 e. The predicted octanol–water partition coefficient (Wildman–Crippen LogP) is 2.72. The van der Waals surface area contributed by atoms with Gasteiger partial charge >= 0.3 is 0 Å². The van der Waals surface area contributed by atoms with Crippen LogP contribution in [0.2, 0.25) is 0 Å². The summed E-state index contributed by atoms with van der Waals surface area (Å²) >= 11 is 0. The number of aromatic nitrogens is 1. The number of hydrogen-bond acceptors (Lipinski definition) is 3. The van der Waals surface area contributed by atoms with Gasteiger partial charge < -0.3 is 14.6 Å². The fourth-order valence-electron chi connectivity index (χ4n) is 2.32. The van der Waals surface area contributed by atoms with E-state index >= 15 is 0 Å². The Balaban J connectivity index is 0.00000200. The molecule has 2 heterocycles. The molecule has 0 saturated carbocycles. The Morgan fingerprint density at radius 2 is 2.05 bits per heavy atom. The Morgan fingerprint density at radius 3 is 2.55 bits per heavy atom. The van der Waals surface area contributed by atoms with E-state index in [0.717, 1.165) is 42.3 Å². The first-order valence-electron chi connectivity index (χ1n) is 6.98. The van der Waals surface area contributed by atoms with Crippen molar-refractivity contribution in [2.45, 2.75) is 40.2 Å². The van der Waals surface area contributed by atoms with E-state index in [2.05, 4.69) is 27.1 Å². The van der Waals surface area contributed by atoms with Gasteiger partial charge in [0.1, 0.15) is 5.76 Å². The van der Waals surface area contributed by atoms with E-state index in [0.29, 0.717) is 6.54 Å². The minimum absolute atomic E-state index is 0. The predicted molar refractivity (Wildman–Crippen MR) is 91.6 cm³/mol. The molecule has 1 aromatic heterocycles.